The quantitative estimate of drug-likeness (QED) is 0.0261. The molecule has 0 radical (unpaired) electrons. The molecule has 0 bridgehead atoms. The van der Waals surface area contributed by atoms with E-state index in [0.29, 0.717) is 19.3 Å². The maximum Gasteiger partial charge on any atom is 0.306 e. The Labute approximate surface area is 431 Å². The Bertz CT molecular complexity index is 1070. The number of carbonyl (C=O) groups is 3. The van der Waals surface area contributed by atoms with Gasteiger partial charge in [0.25, 0.3) is 0 Å². The molecule has 0 aliphatic rings. The first-order valence-corrected chi connectivity index (χ1v) is 31.2. The van der Waals surface area contributed by atoms with E-state index in [0.717, 1.165) is 57.8 Å². The number of unbranched alkanes of at least 4 members (excludes halogenated alkanes) is 45. The summed E-state index contributed by atoms with van der Waals surface area (Å²) in [4.78, 5) is 38.2. The van der Waals surface area contributed by atoms with Gasteiger partial charge in [-0.15, -0.1) is 0 Å². The molecule has 0 fully saturated rings. The van der Waals surface area contributed by atoms with Crippen LogP contribution >= 0.6 is 0 Å². The highest BCUT2D eigenvalue weighted by molar-refractivity contribution is 5.71. The molecule has 1 atom stereocenters. The lowest BCUT2D eigenvalue weighted by Gasteiger charge is -2.18. The molecule has 0 saturated carbocycles. The van der Waals surface area contributed by atoms with Gasteiger partial charge in [0.05, 0.1) is 0 Å². The van der Waals surface area contributed by atoms with Crippen molar-refractivity contribution >= 4 is 17.9 Å². The highest BCUT2D eigenvalue weighted by Crippen LogP contribution is 2.18. The summed E-state index contributed by atoms with van der Waals surface area (Å²) in [7, 11) is 0. The Balaban J connectivity index is 4.23. The summed E-state index contributed by atoms with van der Waals surface area (Å²) >= 11 is 0. The van der Waals surface area contributed by atoms with Gasteiger partial charge in [-0.3, -0.25) is 14.4 Å². The molecular formula is C63H120O6. The number of carbonyl (C=O) groups excluding carboxylic acids is 3. The molecule has 0 aromatic carbocycles. The predicted octanol–water partition coefficient (Wildman–Crippen LogP) is 20.9. The molecule has 0 aromatic rings. The van der Waals surface area contributed by atoms with Crippen molar-refractivity contribution in [1.82, 2.24) is 0 Å². The molecule has 408 valence electrons. The number of ether oxygens (including phenoxy) is 3. The van der Waals surface area contributed by atoms with E-state index < -0.39 is 6.10 Å². The SMILES string of the molecule is CCCCCCCCCC/C=C\CCCCCCCCCCCC(=O)OCC(COC(=O)CCCCCCCCCCCCC)OC(=O)CCCCCCCCCCCCCCCCCCCCC. The fourth-order valence-electron chi connectivity index (χ4n) is 9.56. The smallest absolute Gasteiger partial charge is 0.306 e. The minimum atomic E-state index is -0.765. The van der Waals surface area contributed by atoms with Gasteiger partial charge in [0.2, 0.25) is 0 Å². The molecule has 0 saturated heterocycles. The molecule has 0 amide bonds. The maximum atomic E-state index is 12.9. The Morgan fingerprint density at radius 2 is 0.478 bits per heavy atom. The number of hydrogen-bond donors (Lipinski definition) is 0. The first kappa shape index (κ1) is 67.1. The highest BCUT2D eigenvalue weighted by Gasteiger charge is 2.19. The molecule has 0 spiro atoms. The molecule has 0 heterocycles. The third-order valence-electron chi connectivity index (χ3n) is 14.3. The molecule has 0 aliphatic heterocycles. The summed E-state index contributed by atoms with van der Waals surface area (Å²) in [5.74, 6) is -0.839. The molecule has 6 heteroatoms. The third kappa shape index (κ3) is 56.9. The van der Waals surface area contributed by atoms with Crippen molar-refractivity contribution in [2.45, 2.75) is 361 Å². The highest BCUT2D eigenvalue weighted by atomic mass is 16.6. The van der Waals surface area contributed by atoms with Crippen LogP contribution in [0.3, 0.4) is 0 Å². The van der Waals surface area contributed by atoms with Gasteiger partial charge in [-0.25, -0.2) is 0 Å². The zero-order chi connectivity index (χ0) is 50.0. The zero-order valence-electron chi connectivity index (χ0n) is 46.9. The second-order valence-corrected chi connectivity index (χ2v) is 21.3. The van der Waals surface area contributed by atoms with E-state index >= 15 is 0 Å². The van der Waals surface area contributed by atoms with E-state index in [1.165, 1.54) is 257 Å². The molecule has 6 nitrogen and oxygen atoms in total. The first-order chi connectivity index (χ1) is 34.0. The van der Waals surface area contributed by atoms with E-state index in [4.69, 9.17) is 14.2 Å². The fourth-order valence-corrected chi connectivity index (χ4v) is 9.56. The van der Waals surface area contributed by atoms with Gasteiger partial charge in [0.15, 0.2) is 6.10 Å². The summed E-state index contributed by atoms with van der Waals surface area (Å²) in [5, 5.41) is 0. The summed E-state index contributed by atoms with van der Waals surface area (Å²) in [5.41, 5.74) is 0. The summed E-state index contributed by atoms with van der Waals surface area (Å²) in [6.07, 6.45) is 67.9. The molecule has 0 aromatic heterocycles. The van der Waals surface area contributed by atoms with Gasteiger partial charge in [-0.05, 0) is 44.9 Å². The van der Waals surface area contributed by atoms with Gasteiger partial charge >= 0.3 is 17.9 Å². The monoisotopic (exact) mass is 973 g/mol. The average molecular weight is 974 g/mol. The van der Waals surface area contributed by atoms with E-state index in [2.05, 4.69) is 32.9 Å². The Morgan fingerprint density at radius 1 is 0.275 bits per heavy atom. The molecule has 0 rings (SSSR count). The predicted molar refractivity (Wildman–Crippen MR) is 298 cm³/mol. The molecular weight excluding hydrogens is 853 g/mol. The maximum absolute atomic E-state index is 12.9. The van der Waals surface area contributed by atoms with E-state index in [1.54, 1.807) is 0 Å². The Morgan fingerprint density at radius 3 is 0.725 bits per heavy atom. The second-order valence-electron chi connectivity index (χ2n) is 21.3. The van der Waals surface area contributed by atoms with Crippen molar-refractivity contribution in [3.63, 3.8) is 0 Å². The summed E-state index contributed by atoms with van der Waals surface area (Å²) < 4.78 is 16.9. The van der Waals surface area contributed by atoms with Crippen molar-refractivity contribution in [3.05, 3.63) is 12.2 Å². The van der Waals surface area contributed by atoms with Crippen LogP contribution in [-0.2, 0) is 28.6 Å². The van der Waals surface area contributed by atoms with Crippen LogP contribution in [0.4, 0.5) is 0 Å². The lowest BCUT2D eigenvalue weighted by Crippen LogP contribution is -2.30. The van der Waals surface area contributed by atoms with Crippen LogP contribution in [0.25, 0.3) is 0 Å². The van der Waals surface area contributed by atoms with Gasteiger partial charge < -0.3 is 14.2 Å². The molecule has 0 aliphatic carbocycles. The number of rotatable bonds is 58. The van der Waals surface area contributed by atoms with Crippen LogP contribution in [-0.4, -0.2) is 37.2 Å². The standard InChI is InChI=1S/C63H120O6/c1-4-7-10-13-16-19-22-24-26-28-30-31-33-34-36-38-41-44-47-50-53-56-62(65)68-59-60(58-67-61(64)55-52-49-46-43-40-21-18-15-12-9-6-3)69-63(66)57-54-51-48-45-42-39-37-35-32-29-27-25-23-20-17-14-11-8-5-2/h28,30,60H,4-27,29,31-59H2,1-3H3/b30-28-. The zero-order valence-corrected chi connectivity index (χ0v) is 46.9. The van der Waals surface area contributed by atoms with Crippen LogP contribution in [0.5, 0.6) is 0 Å². The van der Waals surface area contributed by atoms with Crippen molar-refractivity contribution in [1.29, 1.82) is 0 Å². The minimum Gasteiger partial charge on any atom is -0.462 e. The van der Waals surface area contributed by atoms with Crippen molar-refractivity contribution in [3.8, 4) is 0 Å². The second kappa shape index (κ2) is 58.7. The van der Waals surface area contributed by atoms with Gasteiger partial charge in [-0.2, -0.15) is 0 Å². The molecule has 69 heavy (non-hydrogen) atoms. The van der Waals surface area contributed by atoms with E-state index in [-0.39, 0.29) is 31.1 Å². The topological polar surface area (TPSA) is 78.9 Å². The van der Waals surface area contributed by atoms with Crippen LogP contribution in [0.2, 0.25) is 0 Å². The third-order valence-corrected chi connectivity index (χ3v) is 14.3. The Kier molecular flexibility index (Phi) is 57.1. The van der Waals surface area contributed by atoms with Crippen LogP contribution < -0.4 is 0 Å². The number of esters is 3. The lowest BCUT2D eigenvalue weighted by atomic mass is 10.0. The number of allylic oxidation sites excluding steroid dienone is 2. The number of hydrogen-bond acceptors (Lipinski definition) is 6. The van der Waals surface area contributed by atoms with Crippen LogP contribution in [0, 0.1) is 0 Å². The molecule has 0 N–H and O–H groups in total. The van der Waals surface area contributed by atoms with Crippen molar-refractivity contribution in [2.75, 3.05) is 13.2 Å². The lowest BCUT2D eigenvalue weighted by molar-refractivity contribution is -0.167. The van der Waals surface area contributed by atoms with Gasteiger partial charge in [-0.1, -0.05) is 303 Å². The summed E-state index contributed by atoms with van der Waals surface area (Å²) in [6, 6.07) is 0. The summed E-state index contributed by atoms with van der Waals surface area (Å²) in [6.45, 7) is 6.70. The van der Waals surface area contributed by atoms with Crippen LogP contribution in [0.15, 0.2) is 12.2 Å². The van der Waals surface area contributed by atoms with E-state index in [1.807, 2.05) is 0 Å². The Hall–Kier alpha value is -1.85. The fraction of sp³-hybridized carbons (Fsp3) is 0.921. The van der Waals surface area contributed by atoms with Crippen molar-refractivity contribution in [2.24, 2.45) is 0 Å². The minimum absolute atomic E-state index is 0.0643. The van der Waals surface area contributed by atoms with E-state index in [9.17, 15) is 14.4 Å². The van der Waals surface area contributed by atoms with Crippen molar-refractivity contribution < 1.29 is 28.6 Å². The van der Waals surface area contributed by atoms with Gasteiger partial charge in [0.1, 0.15) is 13.2 Å². The largest absolute Gasteiger partial charge is 0.462 e. The van der Waals surface area contributed by atoms with Crippen LogP contribution in [0.1, 0.15) is 355 Å². The first-order valence-electron chi connectivity index (χ1n) is 31.2. The molecule has 1 unspecified atom stereocenters. The average Bonchev–Trinajstić information content (AvgIpc) is 3.35. The van der Waals surface area contributed by atoms with Gasteiger partial charge in [0, 0.05) is 19.3 Å². The normalized spacial score (nSPS) is 12.0.